The van der Waals surface area contributed by atoms with Crippen molar-refractivity contribution < 1.29 is 4.79 Å². The number of aryl methyl sites for hydroxylation is 3. The highest BCUT2D eigenvalue weighted by Gasteiger charge is 2.12. The zero-order chi connectivity index (χ0) is 14.9. The number of carbonyl (C=O) groups is 1. The van der Waals surface area contributed by atoms with Crippen LogP contribution in [0.1, 0.15) is 32.6 Å². The van der Waals surface area contributed by atoms with Crippen LogP contribution < -0.4 is 11.1 Å². The Labute approximate surface area is 119 Å². The Kier molecular flexibility index (Phi) is 3.79. The van der Waals surface area contributed by atoms with Crippen LogP contribution in [0.2, 0.25) is 0 Å². The number of benzene rings is 2. The molecule has 2 rings (SSSR count). The lowest BCUT2D eigenvalue weighted by Crippen LogP contribution is -2.15. The minimum atomic E-state index is -0.0847. The average Bonchev–Trinajstić information content (AvgIpc) is 2.39. The van der Waals surface area contributed by atoms with Crippen LogP contribution in [0.5, 0.6) is 0 Å². The first-order valence-electron chi connectivity index (χ1n) is 6.64. The fraction of sp³-hybridized carbons (Fsp3) is 0.235. The first-order chi connectivity index (χ1) is 9.40. The lowest BCUT2D eigenvalue weighted by molar-refractivity contribution is 0.102. The number of amides is 1. The number of anilines is 2. The Morgan fingerprint density at radius 3 is 2.40 bits per heavy atom. The van der Waals surface area contributed by atoms with Crippen molar-refractivity contribution in [1.82, 2.24) is 0 Å². The van der Waals surface area contributed by atoms with E-state index in [0.717, 1.165) is 33.6 Å². The van der Waals surface area contributed by atoms with E-state index in [4.69, 9.17) is 5.73 Å². The molecule has 20 heavy (non-hydrogen) atoms. The van der Waals surface area contributed by atoms with Crippen LogP contribution in [0.25, 0.3) is 0 Å². The minimum absolute atomic E-state index is 0.0847. The second kappa shape index (κ2) is 5.37. The number of hydrogen-bond acceptors (Lipinski definition) is 2. The molecule has 0 aliphatic rings. The molecule has 0 aliphatic heterocycles. The SMILES string of the molecule is Cc1cc(NC(=O)c2cccc(C)c2C)c(C)cc1N. The number of carbonyl (C=O) groups excluding carboxylic acids is 1. The Morgan fingerprint density at radius 1 is 1.00 bits per heavy atom. The highest BCUT2D eigenvalue weighted by Crippen LogP contribution is 2.23. The number of nitrogens with one attached hydrogen (secondary N) is 1. The van der Waals surface area contributed by atoms with E-state index in [-0.39, 0.29) is 5.91 Å². The lowest BCUT2D eigenvalue weighted by atomic mass is 10.0. The summed E-state index contributed by atoms with van der Waals surface area (Å²) in [6, 6.07) is 9.54. The van der Waals surface area contributed by atoms with E-state index in [1.807, 2.05) is 58.0 Å². The number of rotatable bonds is 2. The summed E-state index contributed by atoms with van der Waals surface area (Å²) < 4.78 is 0. The molecule has 3 heteroatoms. The summed E-state index contributed by atoms with van der Waals surface area (Å²) in [4.78, 5) is 12.4. The maximum Gasteiger partial charge on any atom is 0.255 e. The Hall–Kier alpha value is -2.29. The van der Waals surface area contributed by atoms with Crippen LogP contribution in [-0.2, 0) is 0 Å². The topological polar surface area (TPSA) is 55.1 Å². The summed E-state index contributed by atoms with van der Waals surface area (Å²) in [5.74, 6) is -0.0847. The third-order valence-electron chi connectivity index (χ3n) is 3.71. The van der Waals surface area contributed by atoms with Crippen molar-refractivity contribution in [3.63, 3.8) is 0 Å². The van der Waals surface area contributed by atoms with Crippen molar-refractivity contribution in [3.8, 4) is 0 Å². The maximum atomic E-state index is 12.4. The maximum absolute atomic E-state index is 12.4. The summed E-state index contributed by atoms with van der Waals surface area (Å²) in [6.07, 6.45) is 0. The quantitative estimate of drug-likeness (QED) is 0.815. The predicted molar refractivity (Wildman–Crippen MR) is 84.2 cm³/mol. The van der Waals surface area contributed by atoms with E-state index in [0.29, 0.717) is 5.56 Å². The molecule has 0 bridgehead atoms. The second-order valence-corrected chi connectivity index (χ2v) is 5.23. The van der Waals surface area contributed by atoms with Gasteiger partial charge in [-0.15, -0.1) is 0 Å². The summed E-state index contributed by atoms with van der Waals surface area (Å²) in [5.41, 5.74) is 12.2. The van der Waals surface area contributed by atoms with Gasteiger partial charge in [-0.1, -0.05) is 12.1 Å². The summed E-state index contributed by atoms with van der Waals surface area (Å²) in [6.45, 7) is 7.84. The smallest absolute Gasteiger partial charge is 0.255 e. The second-order valence-electron chi connectivity index (χ2n) is 5.23. The largest absolute Gasteiger partial charge is 0.399 e. The van der Waals surface area contributed by atoms with Gasteiger partial charge >= 0.3 is 0 Å². The molecule has 0 aromatic heterocycles. The van der Waals surface area contributed by atoms with Crippen LogP contribution in [0.4, 0.5) is 11.4 Å². The van der Waals surface area contributed by atoms with Gasteiger partial charge in [0.15, 0.2) is 0 Å². The van der Waals surface area contributed by atoms with Crippen molar-refractivity contribution in [2.75, 3.05) is 11.1 Å². The van der Waals surface area contributed by atoms with Crippen molar-refractivity contribution in [3.05, 3.63) is 58.1 Å². The molecule has 0 spiro atoms. The number of hydrogen-bond donors (Lipinski definition) is 2. The van der Waals surface area contributed by atoms with Crippen LogP contribution >= 0.6 is 0 Å². The molecule has 0 saturated heterocycles. The third-order valence-corrected chi connectivity index (χ3v) is 3.71. The molecule has 2 aromatic rings. The number of nitrogens with two attached hydrogens (primary N) is 1. The highest BCUT2D eigenvalue weighted by atomic mass is 16.1. The van der Waals surface area contributed by atoms with Crippen molar-refractivity contribution >= 4 is 17.3 Å². The van der Waals surface area contributed by atoms with Crippen LogP contribution in [0.15, 0.2) is 30.3 Å². The minimum Gasteiger partial charge on any atom is -0.399 e. The lowest BCUT2D eigenvalue weighted by Gasteiger charge is -2.13. The van der Waals surface area contributed by atoms with Gasteiger partial charge in [0.05, 0.1) is 0 Å². The van der Waals surface area contributed by atoms with Gasteiger partial charge in [-0.05, 0) is 68.1 Å². The predicted octanol–water partition coefficient (Wildman–Crippen LogP) is 3.75. The van der Waals surface area contributed by atoms with Gasteiger partial charge in [0.2, 0.25) is 0 Å². The molecule has 104 valence electrons. The third kappa shape index (κ3) is 2.67. The molecule has 3 nitrogen and oxygen atoms in total. The molecule has 0 saturated carbocycles. The fourth-order valence-corrected chi connectivity index (χ4v) is 2.16. The van der Waals surface area contributed by atoms with Gasteiger partial charge in [-0.3, -0.25) is 4.79 Å². The molecule has 0 atom stereocenters. The summed E-state index contributed by atoms with van der Waals surface area (Å²) in [5, 5.41) is 2.97. The highest BCUT2D eigenvalue weighted by molar-refractivity contribution is 6.06. The monoisotopic (exact) mass is 268 g/mol. The molecule has 0 radical (unpaired) electrons. The molecule has 2 aromatic carbocycles. The summed E-state index contributed by atoms with van der Waals surface area (Å²) in [7, 11) is 0. The Bertz CT molecular complexity index is 675. The van der Waals surface area contributed by atoms with Crippen LogP contribution in [-0.4, -0.2) is 5.91 Å². The van der Waals surface area contributed by atoms with Crippen molar-refractivity contribution in [2.45, 2.75) is 27.7 Å². The molecular weight excluding hydrogens is 248 g/mol. The van der Waals surface area contributed by atoms with Gasteiger partial charge in [-0.2, -0.15) is 0 Å². The fourth-order valence-electron chi connectivity index (χ4n) is 2.16. The molecular formula is C17H20N2O. The van der Waals surface area contributed by atoms with Crippen molar-refractivity contribution in [1.29, 1.82) is 0 Å². The zero-order valence-electron chi connectivity index (χ0n) is 12.4. The standard InChI is InChI=1S/C17H20N2O/c1-10-6-5-7-14(13(10)4)17(20)19-16-9-11(2)15(18)8-12(16)3/h5-9H,18H2,1-4H3,(H,19,20). The molecule has 0 heterocycles. The van der Waals surface area contributed by atoms with E-state index in [2.05, 4.69) is 5.32 Å². The van der Waals surface area contributed by atoms with E-state index < -0.39 is 0 Å². The van der Waals surface area contributed by atoms with E-state index in [1.165, 1.54) is 0 Å². The average molecular weight is 268 g/mol. The van der Waals surface area contributed by atoms with Gasteiger partial charge in [-0.25, -0.2) is 0 Å². The summed E-state index contributed by atoms with van der Waals surface area (Å²) >= 11 is 0. The molecule has 0 fully saturated rings. The molecule has 3 N–H and O–H groups in total. The van der Waals surface area contributed by atoms with Crippen LogP contribution in [0.3, 0.4) is 0 Å². The van der Waals surface area contributed by atoms with E-state index >= 15 is 0 Å². The normalized spacial score (nSPS) is 10.4. The van der Waals surface area contributed by atoms with Crippen LogP contribution in [0, 0.1) is 27.7 Å². The first kappa shape index (κ1) is 14.1. The number of nitrogen functional groups attached to an aromatic ring is 1. The molecule has 0 aliphatic carbocycles. The van der Waals surface area contributed by atoms with E-state index in [9.17, 15) is 4.79 Å². The zero-order valence-corrected chi connectivity index (χ0v) is 12.4. The Morgan fingerprint density at radius 2 is 1.70 bits per heavy atom. The van der Waals surface area contributed by atoms with Crippen molar-refractivity contribution in [2.24, 2.45) is 0 Å². The first-order valence-corrected chi connectivity index (χ1v) is 6.64. The molecule has 1 amide bonds. The van der Waals surface area contributed by atoms with Gasteiger partial charge in [0, 0.05) is 16.9 Å². The van der Waals surface area contributed by atoms with E-state index in [1.54, 1.807) is 0 Å². The molecule has 0 unspecified atom stereocenters. The van der Waals surface area contributed by atoms with Gasteiger partial charge in [0.1, 0.15) is 0 Å². The van der Waals surface area contributed by atoms with Gasteiger partial charge < -0.3 is 11.1 Å². The Balaban J connectivity index is 2.33. The van der Waals surface area contributed by atoms with Gasteiger partial charge in [0.25, 0.3) is 5.91 Å².